The van der Waals surface area contributed by atoms with Crippen LogP contribution in [0.4, 0.5) is 14.4 Å². The average molecular weight is 952 g/mol. The zero-order valence-electron chi connectivity index (χ0n) is 42.8. The van der Waals surface area contributed by atoms with E-state index in [0.29, 0.717) is 61.4 Å². The maximum absolute atomic E-state index is 13.2. The Balaban J connectivity index is 0.000000175. The van der Waals surface area contributed by atoms with Gasteiger partial charge in [0, 0.05) is 6.54 Å². The molecule has 2 aromatic carbocycles. The Kier molecular flexibility index (Phi) is 14.3. The lowest BCUT2D eigenvalue weighted by Crippen LogP contribution is -2.65. The standard InChI is InChI=1S/C29H43BN2O6.C25H36BNO4/c1-27(2,3)36-26(34)32-14-10-13-21(18-32)35-25(33)31-24(15-19-11-8-7-9-12-19)30-37-23-17-20-16-22(28(20,4)5)29(23,6)38-30;1-24(2)18-15-20(24)25(3)21(16-18)30-26(31-25)22(14-17-10-6-4-7-11-17)27-23(28)29-19-12-8-5-9-13-19/h7-9,11-12,20-24H,10,13-18H2,1-6H3,(H,31,33);4,6-7,10-11,18-22H,5,8-9,12-16H2,1-3H3,(H,27,28)/t20-,21-,22-,23+,24-,29-;18-,20-,21+,22-,25-/m00/s1. The first-order valence-electron chi connectivity index (χ1n) is 26.4. The molecule has 13 nitrogen and oxygen atoms in total. The van der Waals surface area contributed by atoms with Gasteiger partial charge in [-0.25, -0.2) is 14.4 Å². The molecule has 3 saturated heterocycles. The lowest BCUT2D eigenvalue weighted by atomic mass is 9.43. The predicted molar refractivity (Wildman–Crippen MR) is 265 cm³/mol. The number of rotatable bonds is 10. The molecule has 0 aromatic heterocycles. The lowest BCUT2D eigenvalue weighted by molar-refractivity contribution is -0.199. The van der Waals surface area contributed by atoms with Gasteiger partial charge in [-0.05, 0) is 157 Å². The molecule has 15 heteroatoms. The molecule has 11 atom stereocenters. The molecule has 4 bridgehead atoms. The van der Waals surface area contributed by atoms with Gasteiger partial charge >= 0.3 is 32.5 Å². The molecular weight excluding hydrogens is 872 g/mol. The fourth-order valence-corrected chi connectivity index (χ4v) is 13.7. The van der Waals surface area contributed by atoms with Gasteiger partial charge in [0.15, 0.2) is 0 Å². The molecule has 3 amide bonds. The van der Waals surface area contributed by atoms with Crippen LogP contribution < -0.4 is 10.6 Å². The summed E-state index contributed by atoms with van der Waals surface area (Å²) in [5.74, 6) is 1.61. The van der Waals surface area contributed by atoms with Crippen molar-refractivity contribution in [3.63, 3.8) is 0 Å². The summed E-state index contributed by atoms with van der Waals surface area (Å²) in [4.78, 5) is 40.1. The SMILES string of the molecule is CC(C)(C)OC(=O)N1CCC[C@H](OC(=O)N[C@@H](Cc2ccccc2)B2O[C@@H]3C[C@@H]4C[C@@H](C4(C)C)[C@]3(C)O2)C1.CC1(C)[C@@H]2C[C@H]3OB([C@H](Cc4ccccc4)NC(=O)OC4CCCCC4)O[C@@]3(C)[C@H]1C2. The number of piperidine rings is 1. The van der Waals surface area contributed by atoms with Crippen molar-refractivity contribution >= 4 is 32.5 Å². The Hall–Kier alpha value is -3.78. The quantitative estimate of drug-likeness (QED) is 0.175. The van der Waals surface area contributed by atoms with Crippen LogP contribution in [-0.4, -0.2) is 104 Å². The number of benzene rings is 2. The third-order valence-corrected chi connectivity index (χ3v) is 17.9. The predicted octanol–water partition coefficient (Wildman–Crippen LogP) is 9.91. The van der Waals surface area contributed by atoms with E-state index in [1.54, 1.807) is 4.90 Å². The van der Waals surface area contributed by atoms with E-state index in [1.807, 2.05) is 69.3 Å². The first-order chi connectivity index (χ1) is 32.7. The first-order valence-corrected chi connectivity index (χ1v) is 26.4. The molecule has 376 valence electrons. The summed E-state index contributed by atoms with van der Waals surface area (Å²) in [6, 6.07) is 20.3. The van der Waals surface area contributed by atoms with Crippen LogP contribution in [0, 0.1) is 34.5 Å². The van der Waals surface area contributed by atoms with Crippen LogP contribution in [0.15, 0.2) is 60.7 Å². The van der Waals surface area contributed by atoms with E-state index in [2.05, 4.69) is 64.3 Å². The number of carbonyl (C=O) groups excluding carboxylic acids is 3. The number of likely N-dealkylation sites (tertiary alicyclic amines) is 1. The minimum atomic E-state index is -0.572. The Morgan fingerprint density at radius 1 is 0.652 bits per heavy atom. The van der Waals surface area contributed by atoms with Gasteiger partial charge in [-0.1, -0.05) is 94.8 Å². The summed E-state index contributed by atoms with van der Waals surface area (Å²) in [6.45, 7) is 20.3. The molecule has 3 aliphatic heterocycles. The van der Waals surface area contributed by atoms with Gasteiger partial charge in [-0.3, -0.25) is 0 Å². The number of ether oxygens (including phenoxy) is 3. The smallest absolute Gasteiger partial charge is 0.446 e. The highest BCUT2D eigenvalue weighted by Gasteiger charge is 2.70. The molecule has 10 fully saturated rings. The molecule has 3 heterocycles. The molecule has 0 radical (unpaired) electrons. The summed E-state index contributed by atoms with van der Waals surface area (Å²) < 4.78 is 43.5. The van der Waals surface area contributed by atoms with Crippen LogP contribution in [-0.2, 0) is 45.7 Å². The summed E-state index contributed by atoms with van der Waals surface area (Å²) >= 11 is 0. The third-order valence-electron chi connectivity index (χ3n) is 17.9. The maximum atomic E-state index is 13.2. The van der Waals surface area contributed by atoms with E-state index < -0.39 is 38.0 Å². The van der Waals surface area contributed by atoms with Crippen molar-refractivity contribution < 1.29 is 47.2 Å². The van der Waals surface area contributed by atoms with Crippen molar-refractivity contribution in [2.45, 2.75) is 199 Å². The van der Waals surface area contributed by atoms with Gasteiger partial charge in [0.2, 0.25) is 0 Å². The van der Waals surface area contributed by atoms with Gasteiger partial charge in [0.25, 0.3) is 0 Å². The van der Waals surface area contributed by atoms with E-state index in [0.717, 1.165) is 56.1 Å². The number of carbonyl (C=O) groups is 3. The van der Waals surface area contributed by atoms with Crippen LogP contribution in [0.2, 0.25) is 0 Å². The highest BCUT2D eigenvalue weighted by Crippen LogP contribution is 2.67. The molecule has 0 spiro atoms. The summed E-state index contributed by atoms with van der Waals surface area (Å²) in [6.07, 6.45) is 11.1. The number of hydrogen-bond acceptors (Lipinski definition) is 10. The number of alkyl carbamates (subject to hydrolysis) is 2. The minimum absolute atomic E-state index is 0.0288. The van der Waals surface area contributed by atoms with E-state index in [9.17, 15) is 14.4 Å². The number of nitrogens with one attached hydrogen (secondary N) is 2. The van der Waals surface area contributed by atoms with Gasteiger partial charge in [-0.2, -0.15) is 0 Å². The fraction of sp³-hybridized carbons (Fsp3) is 0.722. The van der Waals surface area contributed by atoms with Crippen LogP contribution >= 0.6 is 0 Å². The lowest BCUT2D eigenvalue weighted by Gasteiger charge is -2.64. The third kappa shape index (κ3) is 10.6. The molecule has 2 N–H and O–H groups in total. The molecule has 69 heavy (non-hydrogen) atoms. The van der Waals surface area contributed by atoms with Gasteiger partial charge in [-0.15, -0.1) is 0 Å². The van der Waals surface area contributed by atoms with E-state index in [1.165, 1.54) is 19.3 Å². The topological polar surface area (TPSA) is 143 Å². The highest BCUT2D eigenvalue weighted by atomic mass is 16.7. The van der Waals surface area contributed by atoms with Crippen molar-refractivity contribution in [3.05, 3.63) is 71.8 Å². The summed E-state index contributed by atoms with van der Waals surface area (Å²) in [7, 11) is -1.01. The average Bonchev–Trinajstić information content (AvgIpc) is 3.86. The monoisotopic (exact) mass is 952 g/mol. The maximum Gasteiger partial charge on any atom is 0.482 e. The van der Waals surface area contributed by atoms with Gasteiger partial charge in [0.1, 0.15) is 17.8 Å². The Morgan fingerprint density at radius 3 is 1.55 bits per heavy atom. The zero-order valence-corrected chi connectivity index (χ0v) is 42.8. The van der Waals surface area contributed by atoms with Crippen LogP contribution in [0.5, 0.6) is 0 Å². The molecule has 7 aliphatic carbocycles. The van der Waals surface area contributed by atoms with Crippen LogP contribution in [0.3, 0.4) is 0 Å². The second-order valence-corrected chi connectivity index (χ2v) is 24.3. The summed E-state index contributed by atoms with van der Waals surface area (Å²) in [5, 5.41) is 6.19. The number of amides is 3. The van der Waals surface area contributed by atoms with E-state index in [-0.39, 0.29) is 53.1 Å². The largest absolute Gasteiger partial charge is 0.482 e. The van der Waals surface area contributed by atoms with Gasteiger partial charge < -0.3 is 48.4 Å². The van der Waals surface area contributed by atoms with E-state index in [4.69, 9.17) is 32.8 Å². The fourth-order valence-electron chi connectivity index (χ4n) is 13.7. The van der Waals surface area contributed by atoms with E-state index >= 15 is 0 Å². The Bertz CT molecular complexity index is 2120. The van der Waals surface area contributed by atoms with Gasteiger partial charge in [0.05, 0.1) is 41.8 Å². The zero-order chi connectivity index (χ0) is 48.9. The molecule has 10 aliphatic rings. The number of hydrogen-bond donors (Lipinski definition) is 2. The molecule has 7 saturated carbocycles. The Labute approximate surface area is 412 Å². The second-order valence-electron chi connectivity index (χ2n) is 24.3. The van der Waals surface area contributed by atoms with Crippen LogP contribution in [0.25, 0.3) is 0 Å². The summed E-state index contributed by atoms with van der Waals surface area (Å²) in [5.41, 5.74) is 1.56. The second kappa shape index (κ2) is 19.7. The molecule has 12 rings (SSSR count). The Morgan fingerprint density at radius 2 is 1.10 bits per heavy atom. The molecule has 0 unspecified atom stereocenters. The van der Waals surface area contributed by atoms with Crippen molar-refractivity contribution in [2.24, 2.45) is 34.5 Å². The van der Waals surface area contributed by atoms with Crippen molar-refractivity contribution in [2.75, 3.05) is 13.1 Å². The van der Waals surface area contributed by atoms with Crippen molar-refractivity contribution in [1.82, 2.24) is 15.5 Å². The first kappa shape index (κ1) is 50.2. The van der Waals surface area contributed by atoms with Crippen molar-refractivity contribution in [1.29, 1.82) is 0 Å². The van der Waals surface area contributed by atoms with Crippen molar-refractivity contribution in [3.8, 4) is 0 Å². The highest BCUT2D eigenvalue weighted by molar-refractivity contribution is 6.48. The molecule has 2 aromatic rings. The minimum Gasteiger partial charge on any atom is -0.446 e. The van der Waals surface area contributed by atoms with Crippen LogP contribution in [0.1, 0.15) is 144 Å². The molecular formula is C54H79B2N3O10. The number of nitrogens with zero attached hydrogens (tertiary/aromatic N) is 1. The normalized spacial score (nSPS) is 33.7.